The fourth-order valence-electron chi connectivity index (χ4n) is 3.07. The molecule has 1 heterocycles. The number of hydrogen-bond acceptors (Lipinski definition) is 6. The van der Waals surface area contributed by atoms with Gasteiger partial charge in [-0.25, -0.2) is 4.79 Å². The maximum absolute atomic E-state index is 13.2. The Morgan fingerprint density at radius 2 is 1.69 bits per heavy atom. The summed E-state index contributed by atoms with van der Waals surface area (Å²) in [6, 6.07) is 8.66. The zero-order chi connectivity index (χ0) is 29.8. The Hall–Kier alpha value is -3.54. The molecule has 0 saturated heterocycles. The predicted molar refractivity (Wildman–Crippen MR) is 142 cm³/mol. The summed E-state index contributed by atoms with van der Waals surface area (Å²) in [5.41, 5.74) is 1.07. The van der Waals surface area contributed by atoms with Gasteiger partial charge in [0, 0.05) is 59.8 Å². The summed E-state index contributed by atoms with van der Waals surface area (Å²) in [6.45, 7) is 10.9. The number of carboxylic acid groups (broad SMARTS) is 1. The third-order valence-corrected chi connectivity index (χ3v) is 4.94. The molecule has 0 radical (unpaired) electrons. The molecule has 3 N–H and O–H groups in total. The molecule has 0 aliphatic carbocycles. The Kier molecular flexibility index (Phi) is 13.0. The highest BCUT2D eigenvalue weighted by Crippen LogP contribution is 2.23. The van der Waals surface area contributed by atoms with Crippen molar-refractivity contribution in [3.05, 3.63) is 53.3 Å². The molecule has 0 fully saturated rings. The highest BCUT2D eigenvalue weighted by molar-refractivity contribution is 6.31. The number of rotatable bonds is 10. The number of nitrogens with zero attached hydrogens (tertiary/aromatic N) is 2. The van der Waals surface area contributed by atoms with E-state index in [4.69, 9.17) is 26.2 Å². The first-order chi connectivity index (χ1) is 18.0. The molecule has 0 aliphatic rings. The number of pyridine rings is 1. The van der Waals surface area contributed by atoms with E-state index in [2.05, 4.69) is 15.6 Å². The third-order valence-electron chi connectivity index (χ3n) is 4.72. The molecule has 0 spiro atoms. The molecule has 2 aromatic rings. The van der Waals surface area contributed by atoms with Crippen molar-refractivity contribution in [3.8, 4) is 5.75 Å². The SMILES string of the molecule is CC(C)N(CCC(=O)NC(C)(C)C)C(=O)c1cc(Cl)cc(OCCNc2ccncc2)c1.O=C(O)C(F)(F)F. The fraction of sp³-hybridized carbons (Fsp3) is 0.462. The molecule has 9 nitrogen and oxygen atoms in total. The van der Waals surface area contributed by atoms with Crippen LogP contribution in [-0.2, 0) is 9.59 Å². The molecular weight excluding hydrogens is 541 g/mol. The number of alkyl halides is 3. The van der Waals surface area contributed by atoms with Gasteiger partial charge >= 0.3 is 12.1 Å². The topological polar surface area (TPSA) is 121 Å². The van der Waals surface area contributed by atoms with Crippen molar-refractivity contribution in [1.82, 2.24) is 15.2 Å². The van der Waals surface area contributed by atoms with E-state index in [1.807, 2.05) is 46.8 Å². The molecule has 13 heteroatoms. The lowest BCUT2D eigenvalue weighted by Gasteiger charge is -2.28. The van der Waals surface area contributed by atoms with Crippen LogP contribution in [-0.4, -0.2) is 70.2 Å². The molecule has 39 heavy (non-hydrogen) atoms. The second-order valence-electron chi connectivity index (χ2n) is 9.63. The maximum Gasteiger partial charge on any atom is 0.490 e. The summed E-state index contributed by atoms with van der Waals surface area (Å²) >= 11 is 6.25. The van der Waals surface area contributed by atoms with Crippen LogP contribution in [0.25, 0.3) is 0 Å². The van der Waals surface area contributed by atoms with Crippen LogP contribution in [0.15, 0.2) is 42.7 Å². The van der Waals surface area contributed by atoms with E-state index >= 15 is 0 Å². The van der Waals surface area contributed by atoms with E-state index < -0.39 is 12.1 Å². The minimum absolute atomic E-state index is 0.0714. The van der Waals surface area contributed by atoms with Crippen LogP contribution in [0.1, 0.15) is 51.4 Å². The van der Waals surface area contributed by atoms with Crippen LogP contribution in [0.4, 0.5) is 18.9 Å². The van der Waals surface area contributed by atoms with Crippen molar-refractivity contribution in [3.63, 3.8) is 0 Å². The van der Waals surface area contributed by atoms with E-state index in [0.717, 1.165) is 5.69 Å². The van der Waals surface area contributed by atoms with Crippen LogP contribution in [0.2, 0.25) is 5.02 Å². The van der Waals surface area contributed by atoms with E-state index in [1.54, 1.807) is 35.5 Å². The van der Waals surface area contributed by atoms with E-state index in [1.165, 1.54) is 0 Å². The second kappa shape index (κ2) is 15.2. The Bertz CT molecular complexity index is 1090. The Morgan fingerprint density at radius 1 is 1.10 bits per heavy atom. The molecule has 0 unspecified atom stereocenters. The van der Waals surface area contributed by atoms with Gasteiger partial charge in [0.1, 0.15) is 12.4 Å². The predicted octanol–water partition coefficient (Wildman–Crippen LogP) is 5.01. The summed E-state index contributed by atoms with van der Waals surface area (Å²) in [7, 11) is 0. The number of benzene rings is 1. The largest absolute Gasteiger partial charge is 0.492 e. The smallest absolute Gasteiger partial charge is 0.490 e. The molecular formula is C26H34ClF3N4O5. The minimum atomic E-state index is -5.08. The quantitative estimate of drug-likeness (QED) is 0.341. The zero-order valence-corrected chi connectivity index (χ0v) is 23.2. The summed E-state index contributed by atoms with van der Waals surface area (Å²) in [5, 5.41) is 13.7. The molecule has 0 aliphatic heterocycles. The second-order valence-corrected chi connectivity index (χ2v) is 10.1. The first-order valence-corrected chi connectivity index (χ1v) is 12.4. The monoisotopic (exact) mass is 574 g/mol. The Morgan fingerprint density at radius 3 is 2.21 bits per heavy atom. The van der Waals surface area contributed by atoms with Gasteiger partial charge in [-0.1, -0.05) is 11.6 Å². The van der Waals surface area contributed by atoms with Crippen molar-refractivity contribution in [2.45, 2.75) is 58.8 Å². The lowest BCUT2D eigenvalue weighted by molar-refractivity contribution is -0.192. The van der Waals surface area contributed by atoms with Gasteiger partial charge in [-0.05, 0) is 65.0 Å². The number of hydrogen-bond donors (Lipinski definition) is 3. The normalized spacial score (nSPS) is 11.2. The van der Waals surface area contributed by atoms with Gasteiger partial charge in [-0.15, -0.1) is 0 Å². The van der Waals surface area contributed by atoms with Gasteiger partial charge in [0.25, 0.3) is 5.91 Å². The van der Waals surface area contributed by atoms with Crippen molar-refractivity contribution in [1.29, 1.82) is 0 Å². The number of carbonyl (C=O) groups is 3. The average Bonchev–Trinajstić information content (AvgIpc) is 2.80. The number of aromatic nitrogens is 1. The number of halogens is 4. The van der Waals surface area contributed by atoms with E-state index in [0.29, 0.717) is 36.0 Å². The number of carbonyl (C=O) groups excluding carboxylic acids is 2. The number of carboxylic acids is 1. The molecule has 0 atom stereocenters. The maximum atomic E-state index is 13.2. The lowest BCUT2D eigenvalue weighted by atomic mass is 10.1. The van der Waals surface area contributed by atoms with Crippen molar-refractivity contribution >= 4 is 35.1 Å². The van der Waals surface area contributed by atoms with Crippen LogP contribution in [0.5, 0.6) is 5.75 Å². The first kappa shape index (κ1) is 33.5. The zero-order valence-electron chi connectivity index (χ0n) is 22.4. The van der Waals surface area contributed by atoms with Crippen LogP contribution >= 0.6 is 11.6 Å². The number of aliphatic carboxylic acids is 1. The third kappa shape index (κ3) is 13.7. The Balaban J connectivity index is 0.000000956. The van der Waals surface area contributed by atoms with Gasteiger partial charge in [0.2, 0.25) is 5.91 Å². The van der Waals surface area contributed by atoms with Gasteiger partial charge < -0.3 is 25.4 Å². The van der Waals surface area contributed by atoms with Crippen molar-refractivity contribution in [2.24, 2.45) is 0 Å². The molecule has 216 valence electrons. The summed E-state index contributed by atoms with van der Waals surface area (Å²) in [4.78, 5) is 39.9. The van der Waals surface area contributed by atoms with Crippen LogP contribution < -0.4 is 15.4 Å². The molecule has 2 amide bonds. The average molecular weight is 575 g/mol. The highest BCUT2D eigenvalue weighted by atomic mass is 35.5. The number of ether oxygens (including phenoxy) is 1. The van der Waals surface area contributed by atoms with Crippen molar-refractivity contribution in [2.75, 3.05) is 25.0 Å². The van der Waals surface area contributed by atoms with Crippen LogP contribution in [0, 0.1) is 0 Å². The highest BCUT2D eigenvalue weighted by Gasteiger charge is 2.38. The summed E-state index contributed by atoms with van der Waals surface area (Å²) < 4.78 is 37.5. The molecule has 1 aromatic carbocycles. The minimum Gasteiger partial charge on any atom is -0.492 e. The Labute approximate surface area is 230 Å². The molecule has 2 rings (SSSR count). The summed E-state index contributed by atoms with van der Waals surface area (Å²) in [5.74, 6) is -2.52. The van der Waals surface area contributed by atoms with E-state index in [-0.39, 0.29) is 29.8 Å². The van der Waals surface area contributed by atoms with Gasteiger partial charge in [-0.3, -0.25) is 14.6 Å². The lowest BCUT2D eigenvalue weighted by Crippen LogP contribution is -2.44. The van der Waals surface area contributed by atoms with Gasteiger partial charge in [0.05, 0.1) is 0 Å². The first-order valence-electron chi connectivity index (χ1n) is 12.0. The van der Waals surface area contributed by atoms with Gasteiger partial charge in [0.15, 0.2) is 0 Å². The van der Waals surface area contributed by atoms with Crippen molar-refractivity contribution < 1.29 is 37.4 Å². The van der Waals surface area contributed by atoms with E-state index in [9.17, 15) is 22.8 Å². The number of anilines is 1. The summed E-state index contributed by atoms with van der Waals surface area (Å²) in [6.07, 6.45) is -1.43. The molecule has 0 bridgehead atoms. The number of amides is 2. The van der Waals surface area contributed by atoms with Gasteiger partial charge in [-0.2, -0.15) is 13.2 Å². The number of nitrogens with one attached hydrogen (secondary N) is 2. The molecule has 0 saturated carbocycles. The standard InChI is InChI=1S/C24H33ClN4O3.C2HF3O2/c1-17(2)29(12-8-22(30)28-24(3,4)5)23(31)18-14-19(25)16-21(15-18)32-13-11-27-20-6-9-26-10-7-20;3-2(4,5)1(6)7/h6-7,9-10,14-17H,8,11-13H2,1-5H3,(H,26,27)(H,28,30);(H,6,7). The fourth-order valence-corrected chi connectivity index (χ4v) is 3.29. The molecule has 1 aromatic heterocycles. The van der Waals surface area contributed by atoms with Crippen LogP contribution in [0.3, 0.4) is 0 Å².